The van der Waals surface area contributed by atoms with Crippen molar-refractivity contribution in [2.75, 3.05) is 13.1 Å². The van der Waals surface area contributed by atoms with Crippen molar-refractivity contribution in [3.8, 4) is 11.5 Å². The zero-order valence-electron chi connectivity index (χ0n) is 17.8. The highest BCUT2D eigenvalue weighted by molar-refractivity contribution is 5.82. The number of fused-ring (bicyclic) bond motifs is 2. The molecule has 2 unspecified atom stereocenters. The molecular formula is C24H23F3N6. The highest BCUT2D eigenvalue weighted by Crippen LogP contribution is 2.41. The smallest absolute Gasteiger partial charge is 0.326 e. The topological polar surface area (TPSA) is 72.3 Å². The van der Waals surface area contributed by atoms with Crippen molar-refractivity contribution in [2.24, 2.45) is 5.73 Å². The van der Waals surface area contributed by atoms with Gasteiger partial charge in [-0.15, -0.1) is 10.2 Å². The number of nitrogens with two attached hydrogens (primary N) is 1. The van der Waals surface area contributed by atoms with Crippen molar-refractivity contribution in [2.45, 2.75) is 43.4 Å². The predicted octanol–water partition coefficient (Wildman–Crippen LogP) is 4.46. The Balaban J connectivity index is 1.43. The Morgan fingerprint density at radius 1 is 1.00 bits per heavy atom. The van der Waals surface area contributed by atoms with Gasteiger partial charge >= 0.3 is 6.18 Å². The minimum Gasteiger partial charge on any atom is -0.326 e. The Morgan fingerprint density at radius 3 is 2.55 bits per heavy atom. The lowest BCUT2D eigenvalue weighted by Gasteiger charge is -2.30. The molecule has 0 radical (unpaired) electrons. The first-order valence-electron chi connectivity index (χ1n) is 11.2. The van der Waals surface area contributed by atoms with Gasteiger partial charge in [0.1, 0.15) is 11.7 Å². The number of benzene rings is 1. The second kappa shape index (κ2) is 7.50. The maximum absolute atomic E-state index is 14.1. The molecule has 0 bridgehead atoms. The van der Waals surface area contributed by atoms with Gasteiger partial charge < -0.3 is 5.73 Å². The van der Waals surface area contributed by atoms with Crippen LogP contribution in [0, 0.1) is 0 Å². The van der Waals surface area contributed by atoms with Crippen LogP contribution in [-0.2, 0) is 0 Å². The molecule has 2 atom stereocenters. The minimum absolute atomic E-state index is 0.141. The van der Waals surface area contributed by atoms with Crippen molar-refractivity contribution in [3.05, 3.63) is 59.8 Å². The Morgan fingerprint density at radius 2 is 1.82 bits per heavy atom. The first-order valence-corrected chi connectivity index (χ1v) is 11.2. The summed E-state index contributed by atoms with van der Waals surface area (Å²) in [6, 6.07) is 11.2. The van der Waals surface area contributed by atoms with Crippen molar-refractivity contribution < 1.29 is 13.2 Å². The molecule has 2 fully saturated rings. The van der Waals surface area contributed by atoms with E-state index in [1.54, 1.807) is 10.5 Å². The van der Waals surface area contributed by atoms with Crippen molar-refractivity contribution in [1.82, 2.24) is 24.5 Å². The molecule has 0 amide bonds. The zero-order chi connectivity index (χ0) is 22.7. The number of nitrogens with zero attached hydrogens (tertiary/aromatic N) is 5. The van der Waals surface area contributed by atoms with E-state index in [2.05, 4.69) is 28.4 Å². The third-order valence-corrected chi connectivity index (χ3v) is 6.67. The molecule has 1 aliphatic heterocycles. The molecule has 6 nitrogen and oxygen atoms in total. The molecule has 2 aliphatic rings. The first kappa shape index (κ1) is 20.6. The fourth-order valence-corrected chi connectivity index (χ4v) is 4.83. The number of hydrogen-bond acceptors (Lipinski definition) is 5. The van der Waals surface area contributed by atoms with Gasteiger partial charge in [0, 0.05) is 30.7 Å². The first-order chi connectivity index (χ1) is 15.9. The summed E-state index contributed by atoms with van der Waals surface area (Å²) in [5.41, 5.74) is 9.21. The molecule has 1 aliphatic carbocycles. The number of rotatable bonds is 4. The number of pyridine rings is 2. The number of halogens is 3. The van der Waals surface area contributed by atoms with E-state index >= 15 is 0 Å². The van der Waals surface area contributed by atoms with Crippen LogP contribution in [0.5, 0.6) is 0 Å². The molecule has 170 valence electrons. The molecule has 4 heterocycles. The van der Waals surface area contributed by atoms with E-state index < -0.39 is 12.2 Å². The fraction of sp³-hybridized carbons (Fsp3) is 0.375. The zero-order valence-corrected chi connectivity index (χ0v) is 17.8. The molecule has 4 aromatic rings. The molecule has 1 saturated heterocycles. The van der Waals surface area contributed by atoms with Gasteiger partial charge in [0.2, 0.25) is 0 Å². The average molecular weight is 452 g/mol. The largest absolute Gasteiger partial charge is 0.408 e. The van der Waals surface area contributed by atoms with Gasteiger partial charge in [-0.25, -0.2) is 4.98 Å². The Kier molecular flexibility index (Phi) is 4.67. The number of alkyl halides is 3. The van der Waals surface area contributed by atoms with Gasteiger partial charge in [0.15, 0.2) is 11.5 Å². The summed E-state index contributed by atoms with van der Waals surface area (Å²) in [6.45, 7) is 0.529. The van der Waals surface area contributed by atoms with E-state index in [0.717, 1.165) is 10.9 Å². The van der Waals surface area contributed by atoms with Crippen molar-refractivity contribution in [1.29, 1.82) is 0 Å². The van der Waals surface area contributed by atoms with E-state index in [0.29, 0.717) is 36.0 Å². The number of aromatic nitrogens is 4. The third kappa shape index (κ3) is 3.75. The summed E-state index contributed by atoms with van der Waals surface area (Å²) in [5, 5.41) is 9.43. The molecule has 3 aromatic heterocycles. The predicted molar refractivity (Wildman–Crippen MR) is 119 cm³/mol. The van der Waals surface area contributed by atoms with Crippen LogP contribution < -0.4 is 5.73 Å². The Labute approximate surface area is 188 Å². The van der Waals surface area contributed by atoms with E-state index in [-0.39, 0.29) is 18.2 Å². The molecule has 6 rings (SSSR count). The molecule has 2 N–H and O–H groups in total. The second-order valence-electron chi connectivity index (χ2n) is 9.12. The lowest BCUT2D eigenvalue weighted by molar-refractivity contribution is -0.183. The summed E-state index contributed by atoms with van der Waals surface area (Å²) < 4.78 is 43.8. The van der Waals surface area contributed by atoms with Crippen LogP contribution in [0.3, 0.4) is 0 Å². The summed E-state index contributed by atoms with van der Waals surface area (Å²) in [4.78, 5) is 6.18. The number of likely N-dealkylation sites (tertiary alicyclic amines) is 1. The maximum atomic E-state index is 14.1. The maximum Gasteiger partial charge on any atom is 0.408 e. The van der Waals surface area contributed by atoms with Crippen LogP contribution in [0.2, 0.25) is 0 Å². The SMILES string of the molecule is NC1CCN(C(c2ccc3nnc(-c4ccc5ccc(C6CC6)cc5n4)n3c2)C(F)(F)F)C1. The fourth-order valence-electron chi connectivity index (χ4n) is 4.83. The van der Waals surface area contributed by atoms with E-state index in [4.69, 9.17) is 10.7 Å². The highest BCUT2D eigenvalue weighted by atomic mass is 19.4. The van der Waals surface area contributed by atoms with Crippen LogP contribution in [-0.4, -0.2) is 49.8 Å². The second-order valence-corrected chi connectivity index (χ2v) is 9.12. The Bertz CT molecular complexity index is 1340. The monoisotopic (exact) mass is 452 g/mol. The quantitative estimate of drug-likeness (QED) is 0.495. The van der Waals surface area contributed by atoms with Gasteiger partial charge in [0.05, 0.1) is 5.52 Å². The van der Waals surface area contributed by atoms with E-state index in [1.165, 1.54) is 35.6 Å². The summed E-state index contributed by atoms with van der Waals surface area (Å²) in [6.07, 6.45) is 0.0121. The van der Waals surface area contributed by atoms with Crippen LogP contribution in [0.4, 0.5) is 13.2 Å². The molecule has 1 saturated carbocycles. The molecular weight excluding hydrogens is 429 g/mol. The molecule has 33 heavy (non-hydrogen) atoms. The Hall–Kier alpha value is -3.04. The molecule has 9 heteroatoms. The number of hydrogen-bond donors (Lipinski definition) is 1. The average Bonchev–Trinajstić information content (AvgIpc) is 3.42. The lowest BCUT2D eigenvalue weighted by Crippen LogP contribution is -2.38. The van der Waals surface area contributed by atoms with Gasteiger partial charge in [-0.3, -0.25) is 9.30 Å². The lowest BCUT2D eigenvalue weighted by atomic mass is 10.1. The van der Waals surface area contributed by atoms with Gasteiger partial charge in [-0.1, -0.05) is 24.3 Å². The standard InChI is InChI=1S/C24H23F3N6/c25-24(26,27)22(32-10-9-18(28)13-32)17-6-8-21-30-31-23(33(21)12-17)19-7-5-15-3-4-16(14-1-2-14)11-20(15)29-19/h3-8,11-12,14,18,22H,1-2,9-10,13,28H2. The highest BCUT2D eigenvalue weighted by Gasteiger charge is 2.46. The summed E-state index contributed by atoms with van der Waals surface area (Å²) in [5.74, 6) is 1.03. The van der Waals surface area contributed by atoms with Crippen LogP contribution >= 0.6 is 0 Å². The minimum atomic E-state index is -4.42. The summed E-state index contributed by atoms with van der Waals surface area (Å²) in [7, 11) is 0. The van der Waals surface area contributed by atoms with Crippen LogP contribution in [0.1, 0.15) is 42.3 Å². The van der Waals surface area contributed by atoms with Crippen molar-refractivity contribution >= 4 is 16.6 Å². The third-order valence-electron chi connectivity index (χ3n) is 6.67. The van der Waals surface area contributed by atoms with Crippen molar-refractivity contribution in [3.63, 3.8) is 0 Å². The van der Waals surface area contributed by atoms with Crippen LogP contribution in [0.25, 0.3) is 28.1 Å². The normalized spacial score (nSPS) is 20.7. The molecule has 1 aromatic carbocycles. The van der Waals surface area contributed by atoms with E-state index in [1.807, 2.05) is 12.1 Å². The van der Waals surface area contributed by atoms with E-state index in [9.17, 15) is 13.2 Å². The van der Waals surface area contributed by atoms with Gasteiger partial charge in [-0.2, -0.15) is 13.2 Å². The summed E-state index contributed by atoms with van der Waals surface area (Å²) >= 11 is 0. The molecule has 0 spiro atoms. The van der Waals surface area contributed by atoms with Crippen LogP contribution in [0.15, 0.2) is 48.7 Å². The van der Waals surface area contributed by atoms with Gasteiger partial charge in [0.25, 0.3) is 0 Å². The van der Waals surface area contributed by atoms with Gasteiger partial charge in [-0.05, 0) is 54.5 Å².